The van der Waals surface area contributed by atoms with Crippen molar-refractivity contribution in [3.8, 4) is 0 Å². The average Bonchev–Trinajstić information content (AvgIpc) is 3.93. The van der Waals surface area contributed by atoms with Crippen LogP contribution in [0, 0.1) is 27.7 Å². The molecule has 250 valence electrons. The third kappa shape index (κ3) is 6.56. The number of aryl methyl sites for hydroxylation is 4. The van der Waals surface area contributed by atoms with E-state index in [1.165, 1.54) is 0 Å². The van der Waals surface area contributed by atoms with E-state index in [0.29, 0.717) is 11.4 Å². The Labute approximate surface area is 320 Å². The van der Waals surface area contributed by atoms with Gasteiger partial charge in [0.1, 0.15) is 0 Å². The van der Waals surface area contributed by atoms with Crippen LogP contribution >= 0.6 is 0 Å². The van der Waals surface area contributed by atoms with Gasteiger partial charge >= 0.3 is 0 Å². The number of allylic oxidation sites excluding steroid dienone is 12. The van der Waals surface area contributed by atoms with Crippen molar-refractivity contribution in [2.45, 2.75) is 27.7 Å². The molecule has 4 aromatic heterocycles. The van der Waals surface area contributed by atoms with Crippen molar-refractivity contribution in [1.29, 1.82) is 0 Å². The maximum atomic E-state index is 5.52. The first-order valence-electron chi connectivity index (χ1n) is 17.1. The normalized spacial score (nSPS) is 17.1. The molecular weight excluding hydrogens is 706 g/mol. The molecule has 5 aliphatic rings. The molecule has 0 radical (unpaired) electrons. The molecule has 0 aliphatic carbocycles. The van der Waals surface area contributed by atoms with Crippen molar-refractivity contribution in [1.82, 2.24) is 19.9 Å². The zero-order valence-corrected chi connectivity index (χ0v) is 32.8. The van der Waals surface area contributed by atoms with Gasteiger partial charge in [0, 0.05) is 61.0 Å². The van der Waals surface area contributed by atoms with Crippen LogP contribution in [-0.2, 0) is 19.5 Å². The van der Waals surface area contributed by atoms with E-state index in [1.54, 1.807) is 0 Å². The SMILES string of the molecule is Cc1ccnc(C2=CC3=CC4=NC(=CC5=NC(=CC6=NC(=C(c7cc(C)ccn7)C2=N3)C(c2cc(C)ccn2)=C6c2cc(C)ccn2)C=C5)C=C4)c1.[Zn]. The number of nitrogens with zero attached hydrogens (tertiary/aromatic N) is 8. The Morgan fingerprint density at radius 3 is 1.45 bits per heavy atom. The van der Waals surface area contributed by atoms with Gasteiger partial charge in [0.25, 0.3) is 0 Å². The monoisotopic (exact) mass is 736 g/mol. The fourth-order valence-corrected chi connectivity index (χ4v) is 6.78. The molecule has 0 aromatic carbocycles. The molecule has 0 fully saturated rings. The smallest absolute Gasteiger partial charge is 0.0854 e. The van der Waals surface area contributed by atoms with Crippen LogP contribution in [0.1, 0.15) is 45.0 Å². The largest absolute Gasteiger partial charge is 0.256 e. The summed E-state index contributed by atoms with van der Waals surface area (Å²) in [5.74, 6) is 0. The molecule has 8 bridgehead atoms. The van der Waals surface area contributed by atoms with Crippen LogP contribution < -0.4 is 0 Å². The first kappa shape index (κ1) is 33.9. The molecule has 4 aromatic rings. The number of pyridine rings is 4. The maximum absolute atomic E-state index is 5.52. The van der Waals surface area contributed by atoms with Crippen LogP contribution in [0.5, 0.6) is 0 Å². The number of hydrogen-bond acceptors (Lipinski definition) is 8. The van der Waals surface area contributed by atoms with Crippen LogP contribution in [0.2, 0.25) is 0 Å². The van der Waals surface area contributed by atoms with E-state index < -0.39 is 0 Å². The van der Waals surface area contributed by atoms with E-state index in [2.05, 4.69) is 58.0 Å². The predicted molar refractivity (Wildman–Crippen MR) is 210 cm³/mol. The Kier molecular flexibility index (Phi) is 8.81. The summed E-state index contributed by atoms with van der Waals surface area (Å²) < 4.78 is 0. The second-order valence-electron chi connectivity index (χ2n) is 13.3. The standard InChI is InChI=1S/C44H32N8.Zn/c1-25-9-13-45-35(17-25)34-23-33-22-31-6-5-29(49-31)21-30-7-8-32(50-30)24-39-40(36-18-26(2)10-14-46-36)41(37-19-27(3)11-15-47-37)44(52-39)42(43(34)51-33)38-20-28(4)12-16-48-38;/h5-24H,1-4H3;. The fraction of sp³-hybridized carbons (Fsp3) is 0.0909. The summed E-state index contributed by atoms with van der Waals surface area (Å²) in [6, 6.07) is 16.4. The third-order valence-corrected chi connectivity index (χ3v) is 9.19. The molecule has 9 heterocycles. The van der Waals surface area contributed by atoms with Gasteiger partial charge < -0.3 is 0 Å². The summed E-state index contributed by atoms with van der Waals surface area (Å²) in [5, 5.41) is 0. The molecule has 5 aliphatic heterocycles. The first-order chi connectivity index (χ1) is 25.3. The Morgan fingerprint density at radius 2 is 0.887 bits per heavy atom. The molecule has 9 rings (SSSR count). The van der Waals surface area contributed by atoms with Gasteiger partial charge in [0.15, 0.2) is 0 Å². The first-order valence-corrected chi connectivity index (χ1v) is 17.1. The van der Waals surface area contributed by atoms with Gasteiger partial charge in [0.05, 0.1) is 74.0 Å². The number of fused-ring (bicyclic) bond motifs is 4. The average molecular weight is 738 g/mol. The minimum Gasteiger partial charge on any atom is -0.256 e. The van der Waals surface area contributed by atoms with Crippen molar-refractivity contribution in [3.05, 3.63) is 190 Å². The van der Waals surface area contributed by atoms with Crippen LogP contribution in [0.3, 0.4) is 0 Å². The molecule has 8 nitrogen and oxygen atoms in total. The summed E-state index contributed by atoms with van der Waals surface area (Å²) >= 11 is 0. The Bertz CT molecular complexity index is 2650. The molecule has 0 saturated heterocycles. The van der Waals surface area contributed by atoms with Gasteiger partial charge in [-0.1, -0.05) is 0 Å². The molecule has 0 saturated carbocycles. The van der Waals surface area contributed by atoms with Crippen LogP contribution in [0.4, 0.5) is 0 Å². The Morgan fingerprint density at radius 1 is 0.415 bits per heavy atom. The van der Waals surface area contributed by atoms with Crippen molar-refractivity contribution < 1.29 is 19.5 Å². The molecule has 0 unspecified atom stereocenters. The zero-order chi connectivity index (χ0) is 35.3. The van der Waals surface area contributed by atoms with E-state index in [-0.39, 0.29) is 19.5 Å². The molecule has 0 atom stereocenters. The minimum absolute atomic E-state index is 0. The summed E-state index contributed by atoms with van der Waals surface area (Å²) in [7, 11) is 0. The van der Waals surface area contributed by atoms with E-state index in [4.69, 9.17) is 39.9 Å². The van der Waals surface area contributed by atoms with E-state index in [9.17, 15) is 0 Å². The Balaban J connectivity index is 0.00000400. The number of rotatable bonds is 4. The second kappa shape index (κ2) is 13.8. The Hall–Kier alpha value is -6.18. The number of aliphatic imine (C=N–C) groups is 4. The van der Waals surface area contributed by atoms with Crippen LogP contribution in [-0.4, -0.2) is 42.8 Å². The van der Waals surface area contributed by atoms with Crippen LogP contribution in [0.25, 0.3) is 22.3 Å². The van der Waals surface area contributed by atoms with Gasteiger partial charge in [0.2, 0.25) is 0 Å². The summed E-state index contributed by atoms with van der Waals surface area (Å²) in [6.45, 7) is 8.28. The van der Waals surface area contributed by atoms with Gasteiger partial charge in [-0.2, -0.15) is 0 Å². The molecule has 0 amide bonds. The fourth-order valence-electron chi connectivity index (χ4n) is 6.78. The summed E-state index contributed by atoms with van der Waals surface area (Å²) in [5.41, 5.74) is 16.8. The molecule has 9 heteroatoms. The molecular formula is C44H32N8Zn. The van der Waals surface area contributed by atoms with E-state index in [1.807, 2.05) is 91.6 Å². The zero-order valence-electron chi connectivity index (χ0n) is 29.8. The van der Waals surface area contributed by atoms with Crippen molar-refractivity contribution in [2.75, 3.05) is 0 Å². The maximum Gasteiger partial charge on any atom is 0.0854 e. The minimum atomic E-state index is 0. The van der Waals surface area contributed by atoms with Gasteiger partial charge in [-0.15, -0.1) is 0 Å². The van der Waals surface area contributed by atoms with Crippen molar-refractivity contribution >= 4 is 45.1 Å². The van der Waals surface area contributed by atoms with Gasteiger partial charge in [-0.25, -0.2) is 20.0 Å². The third-order valence-electron chi connectivity index (χ3n) is 9.19. The van der Waals surface area contributed by atoms with Gasteiger partial charge in [-0.3, -0.25) is 19.9 Å². The van der Waals surface area contributed by atoms with E-state index >= 15 is 0 Å². The molecule has 0 N–H and O–H groups in total. The molecule has 0 spiro atoms. The van der Waals surface area contributed by atoms with Crippen molar-refractivity contribution in [3.63, 3.8) is 0 Å². The quantitative estimate of drug-likeness (QED) is 0.196. The number of hydrogen-bond donors (Lipinski definition) is 0. The molecule has 53 heavy (non-hydrogen) atoms. The topological polar surface area (TPSA) is 101 Å². The van der Waals surface area contributed by atoms with E-state index in [0.717, 1.165) is 102 Å². The summed E-state index contributed by atoms with van der Waals surface area (Å²) in [4.78, 5) is 40.4. The van der Waals surface area contributed by atoms with Gasteiger partial charge in [-0.05, 0) is 147 Å². The number of aromatic nitrogens is 4. The van der Waals surface area contributed by atoms with Crippen molar-refractivity contribution in [2.24, 2.45) is 20.0 Å². The predicted octanol–water partition coefficient (Wildman–Crippen LogP) is 8.50. The summed E-state index contributed by atoms with van der Waals surface area (Å²) in [6.07, 6.45) is 23.4. The second-order valence-corrected chi connectivity index (χ2v) is 13.3. The van der Waals surface area contributed by atoms with Crippen LogP contribution in [0.15, 0.2) is 165 Å².